The van der Waals surface area contributed by atoms with Crippen molar-refractivity contribution in [2.75, 3.05) is 0 Å². The lowest BCUT2D eigenvalue weighted by Crippen LogP contribution is -2.38. The lowest BCUT2D eigenvalue weighted by molar-refractivity contribution is -0.0435. The molecule has 0 saturated heterocycles. The van der Waals surface area contributed by atoms with Gasteiger partial charge in [-0.05, 0) is 43.4 Å². The lowest BCUT2D eigenvalue weighted by atomic mass is 9.70. The Morgan fingerprint density at radius 1 is 1.25 bits per heavy atom. The van der Waals surface area contributed by atoms with Crippen molar-refractivity contribution in [3.63, 3.8) is 0 Å². The molecule has 1 nitrogen and oxygen atoms in total. The Balaban J connectivity index is 2.55. The van der Waals surface area contributed by atoms with Crippen molar-refractivity contribution in [1.29, 1.82) is 0 Å². The van der Waals surface area contributed by atoms with Crippen LogP contribution < -0.4 is 0 Å². The van der Waals surface area contributed by atoms with Crippen LogP contribution >= 0.6 is 0 Å². The lowest BCUT2D eigenvalue weighted by Gasteiger charge is -2.40. The highest BCUT2D eigenvalue weighted by Gasteiger charge is 2.36. The van der Waals surface area contributed by atoms with Gasteiger partial charge in [0.2, 0.25) is 0 Å². The summed E-state index contributed by atoms with van der Waals surface area (Å²) in [5.74, 6) is 2.19. The number of hydrogen-bond donors (Lipinski definition) is 1. The van der Waals surface area contributed by atoms with Crippen molar-refractivity contribution in [2.45, 2.75) is 78.2 Å². The van der Waals surface area contributed by atoms with Crippen LogP contribution in [0.15, 0.2) is 0 Å². The molecule has 0 spiro atoms. The normalized spacial score (nSPS) is 31.3. The zero-order valence-corrected chi connectivity index (χ0v) is 11.6. The van der Waals surface area contributed by atoms with E-state index in [2.05, 4.69) is 27.7 Å². The molecule has 1 heteroatoms. The van der Waals surface area contributed by atoms with Crippen LogP contribution in [-0.4, -0.2) is 10.7 Å². The van der Waals surface area contributed by atoms with Gasteiger partial charge in [-0.15, -0.1) is 0 Å². The van der Waals surface area contributed by atoms with Crippen molar-refractivity contribution >= 4 is 0 Å². The summed E-state index contributed by atoms with van der Waals surface area (Å²) < 4.78 is 0. The van der Waals surface area contributed by atoms with E-state index in [0.717, 1.165) is 37.0 Å². The minimum absolute atomic E-state index is 0.343. The van der Waals surface area contributed by atoms with E-state index in [-0.39, 0.29) is 5.60 Å². The van der Waals surface area contributed by atoms with E-state index in [1.54, 1.807) is 0 Å². The molecule has 1 aliphatic carbocycles. The predicted octanol–water partition coefficient (Wildman–Crippen LogP) is 4.39. The van der Waals surface area contributed by atoms with Crippen LogP contribution in [0, 0.1) is 17.8 Å². The third-order valence-electron chi connectivity index (χ3n) is 4.63. The van der Waals surface area contributed by atoms with E-state index in [4.69, 9.17) is 0 Å². The van der Waals surface area contributed by atoms with Crippen LogP contribution in [0.1, 0.15) is 72.6 Å². The van der Waals surface area contributed by atoms with Gasteiger partial charge in [-0.3, -0.25) is 0 Å². The molecule has 1 aliphatic rings. The van der Waals surface area contributed by atoms with E-state index in [1.165, 1.54) is 25.7 Å². The van der Waals surface area contributed by atoms with Gasteiger partial charge in [0.05, 0.1) is 5.60 Å². The SMILES string of the molecule is CCC(CC)CC1(O)CCCC(C(C)C)C1. The molecule has 0 heterocycles. The summed E-state index contributed by atoms with van der Waals surface area (Å²) in [7, 11) is 0. The maximum absolute atomic E-state index is 10.7. The summed E-state index contributed by atoms with van der Waals surface area (Å²) in [4.78, 5) is 0. The summed E-state index contributed by atoms with van der Waals surface area (Å²) in [5.41, 5.74) is -0.343. The molecule has 0 radical (unpaired) electrons. The minimum Gasteiger partial charge on any atom is -0.390 e. The molecule has 1 fully saturated rings. The van der Waals surface area contributed by atoms with Crippen LogP contribution in [-0.2, 0) is 0 Å². The first-order valence-electron chi connectivity index (χ1n) is 7.23. The molecule has 2 atom stereocenters. The number of hydrogen-bond acceptors (Lipinski definition) is 1. The Bertz CT molecular complexity index is 192. The molecule has 0 amide bonds. The Labute approximate surface area is 102 Å². The summed E-state index contributed by atoms with van der Waals surface area (Å²) in [6.45, 7) is 9.10. The van der Waals surface area contributed by atoms with Crippen LogP contribution in [0.25, 0.3) is 0 Å². The molecule has 0 aromatic heterocycles. The molecule has 0 bridgehead atoms. The first-order valence-corrected chi connectivity index (χ1v) is 7.23. The monoisotopic (exact) mass is 226 g/mol. The van der Waals surface area contributed by atoms with Crippen LogP contribution in [0.5, 0.6) is 0 Å². The topological polar surface area (TPSA) is 20.2 Å². The van der Waals surface area contributed by atoms with Crippen LogP contribution in [0.4, 0.5) is 0 Å². The third kappa shape index (κ3) is 3.76. The maximum Gasteiger partial charge on any atom is 0.0653 e. The van der Waals surface area contributed by atoms with Crippen molar-refractivity contribution in [2.24, 2.45) is 17.8 Å². The van der Waals surface area contributed by atoms with Crippen LogP contribution in [0.3, 0.4) is 0 Å². The second kappa shape index (κ2) is 6.05. The highest BCUT2D eigenvalue weighted by Crippen LogP contribution is 2.40. The van der Waals surface area contributed by atoms with E-state index < -0.39 is 0 Å². The average molecular weight is 226 g/mol. The standard InChI is InChI=1S/C15H30O/c1-5-13(6-2)10-15(16)9-7-8-14(11-15)12(3)4/h12-14,16H,5-11H2,1-4H3. The Morgan fingerprint density at radius 2 is 1.88 bits per heavy atom. The van der Waals surface area contributed by atoms with Crippen molar-refractivity contribution in [1.82, 2.24) is 0 Å². The molecule has 96 valence electrons. The quantitative estimate of drug-likeness (QED) is 0.737. The van der Waals surface area contributed by atoms with Gasteiger partial charge in [0.25, 0.3) is 0 Å². The molecule has 0 aliphatic heterocycles. The van der Waals surface area contributed by atoms with E-state index in [0.29, 0.717) is 0 Å². The van der Waals surface area contributed by atoms with Crippen molar-refractivity contribution in [3.8, 4) is 0 Å². The summed E-state index contributed by atoms with van der Waals surface area (Å²) in [6.07, 6.45) is 8.08. The van der Waals surface area contributed by atoms with E-state index in [9.17, 15) is 5.11 Å². The third-order valence-corrected chi connectivity index (χ3v) is 4.63. The molecule has 1 saturated carbocycles. The molecule has 1 rings (SSSR count). The first-order chi connectivity index (χ1) is 7.50. The Kier molecular flexibility index (Phi) is 5.30. The van der Waals surface area contributed by atoms with Gasteiger partial charge in [0.1, 0.15) is 0 Å². The smallest absolute Gasteiger partial charge is 0.0653 e. The van der Waals surface area contributed by atoms with Gasteiger partial charge in [-0.25, -0.2) is 0 Å². The fourth-order valence-electron chi connectivity index (χ4n) is 3.25. The Morgan fingerprint density at radius 3 is 2.38 bits per heavy atom. The Hall–Kier alpha value is -0.0400. The van der Waals surface area contributed by atoms with E-state index >= 15 is 0 Å². The fraction of sp³-hybridized carbons (Fsp3) is 1.00. The van der Waals surface area contributed by atoms with Gasteiger partial charge in [-0.1, -0.05) is 47.0 Å². The molecule has 16 heavy (non-hydrogen) atoms. The number of aliphatic hydroxyl groups is 1. The van der Waals surface area contributed by atoms with E-state index in [1.807, 2.05) is 0 Å². The van der Waals surface area contributed by atoms with Crippen molar-refractivity contribution in [3.05, 3.63) is 0 Å². The minimum atomic E-state index is -0.343. The van der Waals surface area contributed by atoms with Gasteiger partial charge in [0, 0.05) is 0 Å². The van der Waals surface area contributed by atoms with Gasteiger partial charge in [-0.2, -0.15) is 0 Å². The highest BCUT2D eigenvalue weighted by molar-refractivity contribution is 4.88. The molecule has 1 N–H and O–H groups in total. The van der Waals surface area contributed by atoms with Gasteiger partial charge < -0.3 is 5.11 Å². The summed E-state index contributed by atoms with van der Waals surface area (Å²) in [5, 5.41) is 10.7. The average Bonchev–Trinajstić information content (AvgIpc) is 2.26. The zero-order chi connectivity index (χ0) is 12.2. The van der Waals surface area contributed by atoms with Gasteiger partial charge >= 0.3 is 0 Å². The van der Waals surface area contributed by atoms with Gasteiger partial charge in [0.15, 0.2) is 0 Å². The second-order valence-corrected chi connectivity index (χ2v) is 6.21. The largest absolute Gasteiger partial charge is 0.390 e. The predicted molar refractivity (Wildman–Crippen MR) is 70.4 cm³/mol. The highest BCUT2D eigenvalue weighted by atomic mass is 16.3. The maximum atomic E-state index is 10.7. The fourth-order valence-corrected chi connectivity index (χ4v) is 3.25. The molecular weight excluding hydrogens is 196 g/mol. The zero-order valence-electron chi connectivity index (χ0n) is 11.6. The van der Waals surface area contributed by atoms with Crippen molar-refractivity contribution < 1.29 is 5.11 Å². The summed E-state index contributed by atoms with van der Waals surface area (Å²) >= 11 is 0. The number of rotatable bonds is 5. The molecule has 0 aromatic carbocycles. The summed E-state index contributed by atoms with van der Waals surface area (Å²) in [6, 6.07) is 0. The van der Waals surface area contributed by atoms with Crippen LogP contribution in [0.2, 0.25) is 0 Å². The first kappa shape index (κ1) is 14.0. The molecule has 0 aromatic rings. The molecular formula is C15H30O. The second-order valence-electron chi connectivity index (χ2n) is 6.21. The molecule has 2 unspecified atom stereocenters.